The molecule has 1 aromatic carbocycles. The van der Waals surface area contributed by atoms with E-state index in [0.29, 0.717) is 0 Å². The number of hydrogen-bond acceptors (Lipinski definition) is 5. The lowest BCUT2D eigenvalue weighted by Gasteiger charge is -2.30. The Morgan fingerprint density at radius 1 is 1.11 bits per heavy atom. The fourth-order valence-corrected chi connectivity index (χ4v) is 1.98. The van der Waals surface area contributed by atoms with E-state index in [1.807, 2.05) is 24.4 Å². The van der Waals surface area contributed by atoms with Crippen molar-refractivity contribution in [2.75, 3.05) is 47.4 Å². The predicted molar refractivity (Wildman–Crippen MR) is 76.2 cm³/mol. The van der Waals surface area contributed by atoms with Gasteiger partial charge in [0, 0.05) is 37.8 Å². The van der Waals surface area contributed by atoms with Crippen molar-refractivity contribution in [1.29, 1.82) is 0 Å². The van der Waals surface area contributed by atoms with Gasteiger partial charge < -0.3 is 14.4 Å². The van der Waals surface area contributed by atoms with Crippen LogP contribution in [0.5, 0.6) is 11.5 Å². The van der Waals surface area contributed by atoms with Crippen LogP contribution in [0.2, 0.25) is 0 Å². The van der Waals surface area contributed by atoms with Crippen molar-refractivity contribution in [1.82, 2.24) is 9.91 Å². The highest BCUT2D eigenvalue weighted by Gasteiger charge is 2.11. The van der Waals surface area contributed by atoms with Gasteiger partial charge in [-0.2, -0.15) is 5.10 Å². The van der Waals surface area contributed by atoms with E-state index in [4.69, 9.17) is 9.47 Å². The summed E-state index contributed by atoms with van der Waals surface area (Å²) in [5.74, 6) is 1.56. The predicted octanol–water partition coefficient (Wildman–Crippen LogP) is 1.29. The molecule has 2 rings (SSSR count). The van der Waals surface area contributed by atoms with Gasteiger partial charge in [-0.3, -0.25) is 5.01 Å². The van der Waals surface area contributed by atoms with Crippen LogP contribution >= 0.6 is 0 Å². The van der Waals surface area contributed by atoms with Crippen molar-refractivity contribution in [3.05, 3.63) is 23.8 Å². The first-order valence-corrected chi connectivity index (χ1v) is 6.42. The van der Waals surface area contributed by atoms with E-state index in [1.54, 1.807) is 14.2 Å². The normalized spacial score (nSPS) is 16.9. The molecular formula is C14H21N3O2. The van der Waals surface area contributed by atoms with Crippen LogP contribution in [0.4, 0.5) is 0 Å². The summed E-state index contributed by atoms with van der Waals surface area (Å²) in [5, 5.41) is 6.60. The second-order valence-corrected chi connectivity index (χ2v) is 4.61. The van der Waals surface area contributed by atoms with Crippen molar-refractivity contribution in [2.45, 2.75) is 0 Å². The fraction of sp³-hybridized carbons (Fsp3) is 0.500. The Kier molecular flexibility index (Phi) is 4.63. The van der Waals surface area contributed by atoms with Crippen LogP contribution in [0.1, 0.15) is 5.56 Å². The van der Waals surface area contributed by atoms with Crippen LogP contribution in [-0.4, -0.2) is 63.6 Å². The number of rotatable bonds is 4. The van der Waals surface area contributed by atoms with Gasteiger partial charge in [0.2, 0.25) is 0 Å². The summed E-state index contributed by atoms with van der Waals surface area (Å²) in [4.78, 5) is 2.31. The van der Waals surface area contributed by atoms with E-state index < -0.39 is 0 Å². The number of hydrazone groups is 1. The van der Waals surface area contributed by atoms with Gasteiger partial charge in [0.05, 0.1) is 20.4 Å². The molecule has 1 saturated heterocycles. The summed E-state index contributed by atoms with van der Waals surface area (Å²) in [5.41, 5.74) is 0.960. The van der Waals surface area contributed by atoms with E-state index in [2.05, 4.69) is 22.1 Å². The molecule has 104 valence electrons. The maximum atomic E-state index is 5.35. The number of ether oxygens (including phenoxy) is 2. The molecule has 1 aromatic rings. The SMILES string of the molecule is COc1ccc(C=NN2CCN(C)CC2)c(OC)c1. The van der Waals surface area contributed by atoms with Crippen molar-refractivity contribution in [2.24, 2.45) is 5.10 Å². The lowest BCUT2D eigenvalue weighted by atomic mass is 10.2. The zero-order chi connectivity index (χ0) is 13.7. The third-order valence-electron chi connectivity index (χ3n) is 3.28. The summed E-state index contributed by atoms with van der Waals surface area (Å²) >= 11 is 0. The molecule has 1 aliphatic heterocycles. The van der Waals surface area contributed by atoms with Gasteiger partial charge in [0.1, 0.15) is 11.5 Å². The highest BCUT2D eigenvalue weighted by atomic mass is 16.5. The quantitative estimate of drug-likeness (QED) is 0.767. The maximum Gasteiger partial charge on any atom is 0.131 e. The zero-order valence-corrected chi connectivity index (χ0v) is 11.8. The molecule has 0 bridgehead atoms. The number of piperazine rings is 1. The highest BCUT2D eigenvalue weighted by Crippen LogP contribution is 2.23. The molecule has 0 amide bonds. The Labute approximate surface area is 114 Å². The third kappa shape index (κ3) is 3.61. The molecule has 0 aliphatic carbocycles. The van der Waals surface area contributed by atoms with Crippen LogP contribution < -0.4 is 9.47 Å². The minimum absolute atomic E-state index is 0.775. The Morgan fingerprint density at radius 3 is 2.47 bits per heavy atom. The Hall–Kier alpha value is -1.75. The van der Waals surface area contributed by atoms with Crippen LogP contribution in [-0.2, 0) is 0 Å². The molecule has 1 fully saturated rings. The lowest BCUT2D eigenvalue weighted by Crippen LogP contribution is -2.41. The van der Waals surface area contributed by atoms with E-state index >= 15 is 0 Å². The molecule has 0 atom stereocenters. The Morgan fingerprint density at radius 2 is 1.84 bits per heavy atom. The van der Waals surface area contributed by atoms with Crippen LogP contribution in [0.3, 0.4) is 0 Å². The van der Waals surface area contributed by atoms with Crippen LogP contribution in [0.15, 0.2) is 23.3 Å². The van der Waals surface area contributed by atoms with Gasteiger partial charge in [0.15, 0.2) is 0 Å². The van der Waals surface area contributed by atoms with Crippen molar-refractivity contribution in [3.63, 3.8) is 0 Å². The van der Waals surface area contributed by atoms with Crippen LogP contribution in [0, 0.1) is 0 Å². The minimum atomic E-state index is 0.775. The number of hydrogen-bond donors (Lipinski definition) is 0. The average Bonchev–Trinajstić information content (AvgIpc) is 2.46. The molecule has 0 spiro atoms. The van der Waals surface area contributed by atoms with E-state index in [1.165, 1.54) is 0 Å². The molecule has 5 nitrogen and oxygen atoms in total. The average molecular weight is 263 g/mol. The van der Waals surface area contributed by atoms with Gasteiger partial charge in [0.25, 0.3) is 0 Å². The zero-order valence-electron chi connectivity index (χ0n) is 11.8. The van der Waals surface area contributed by atoms with Crippen molar-refractivity contribution >= 4 is 6.21 Å². The molecule has 0 radical (unpaired) electrons. The molecule has 0 unspecified atom stereocenters. The second kappa shape index (κ2) is 6.43. The number of methoxy groups -OCH3 is 2. The number of nitrogens with zero attached hydrogens (tertiary/aromatic N) is 3. The molecule has 0 aromatic heterocycles. The molecule has 0 saturated carbocycles. The van der Waals surface area contributed by atoms with Gasteiger partial charge in [-0.1, -0.05) is 0 Å². The fourth-order valence-electron chi connectivity index (χ4n) is 1.98. The first kappa shape index (κ1) is 13.7. The molecule has 19 heavy (non-hydrogen) atoms. The molecule has 5 heteroatoms. The Bertz CT molecular complexity index is 440. The second-order valence-electron chi connectivity index (χ2n) is 4.61. The van der Waals surface area contributed by atoms with E-state index in [9.17, 15) is 0 Å². The highest BCUT2D eigenvalue weighted by molar-refractivity contribution is 5.83. The summed E-state index contributed by atoms with van der Waals surface area (Å²) in [6.07, 6.45) is 1.85. The van der Waals surface area contributed by atoms with Gasteiger partial charge in [-0.05, 0) is 19.2 Å². The topological polar surface area (TPSA) is 37.3 Å². The lowest BCUT2D eigenvalue weighted by molar-refractivity contribution is 0.159. The first-order chi connectivity index (χ1) is 9.22. The van der Waals surface area contributed by atoms with Crippen molar-refractivity contribution in [3.8, 4) is 11.5 Å². The molecular weight excluding hydrogens is 242 g/mol. The first-order valence-electron chi connectivity index (χ1n) is 6.42. The molecule has 1 heterocycles. The smallest absolute Gasteiger partial charge is 0.131 e. The third-order valence-corrected chi connectivity index (χ3v) is 3.28. The molecule has 0 N–H and O–H groups in total. The Balaban J connectivity index is 2.05. The van der Waals surface area contributed by atoms with Gasteiger partial charge >= 0.3 is 0 Å². The minimum Gasteiger partial charge on any atom is -0.497 e. The van der Waals surface area contributed by atoms with Crippen molar-refractivity contribution < 1.29 is 9.47 Å². The van der Waals surface area contributed by atoms with Gasteiger partial charge in [-0.15, -0.1) is 0 Å². The molecule has 1 aliphatic rings. The van der Waals surface area contributed by atoms with E-state index in [0.717, 1.165) is 43.2 Å². The monoisotopic (exact) mass is 263 g/mol. The summed E-state index contributed by atoms with van der Waals surface area (Å²) in [6.45, 7) is 4.03. The summed E-state index contributed by atoms with van der Waals surface area (Å²) < 4.78 is 10.5. The largest absolute Gasteiger partial charge is 0.497 e. The maximum absolute atomic E-state index is 5.35. The van der Waals surface area contributed by atoms with Gasteiger partial charge in [-0.25, -0.2) is 0 Å². The van der Waals surface area contributed by atoms with Crippen LogP contribution in [0.25, 0.3) is 0 Å². The summed E-state index contributed by atoms with van der Waals surface area (Å²) in [6, 6.07) is 5.73. The standard InChI is InChI=1S/C14H21N3O2/c1-16-6-8-17(9-7-16)15-11-12-4-5-13(18-2)10-14(12)19-3/h4-5,10-11H,6-9H2,1-3H3. The number of likely N-dealkylation sites (N-methyl/N-ethyl adjacent to an activating group) is 1. The summed E-state index contributed by atoms with van der Waals surface area (Å²) in [7, 11) is 5.43. The van der Waals surface area contributed by atoms with E-state index in [-0.39, 0.29) is 0 Å². The number of benzene rings is 1.